The van der Waals surface area contributed by atoms with Crippen molar-refractivity contribution in [2.24, 2.45) is 5.73 Å². The van der Waals surface area contributed by atoms with Crippen molar-refractivity contribution in [3.63, 3.8) is 0 Å². The van der Waals surface area contributed by atoms with Gasteiger partial charge in [0, 0.05) is 6.42 Å². The third-order valence-electron chi connectivity index (χ3n) is 1.28. The van der Waals surface area contributed by atoms with E-state index in [1.165, 1.54) is 0 Å². The largest absolute Gasteiger partial charge is 0.371 e. The highest BCUT2D eigenvalue weighted by Gasteiger charge is 2.42. The molecule has 0 aliphatic heterocycles. The molecule has 13 heavy (non-hydrogen) atoms. The SMILES string of the molecule is NC(O)(CCP(=O)(O)O)P(=O)(O)O. The standard InChI is InChI=1S/C3H11NO7P2/c4-3(5,13(9,10)11)1-2-12(6,7)8/h5H,1-2,4H2,(H2,6,7,8)(H2,9,10,11). The second-order valence-corrected chi connectivity index (χ2v) is 6.20. The van der Waals surface area contributed by atoms with Crippen LogP contribution in [0.3, 0.4) is 0 Å². The summed E-state index contributed by atoms with van der Waals surface area (Å²) in [5.74, 6) is 0. The van der Waals surface area contributed by atoms with Crippen molar-refractivity contribution in [3.8, 4) is 0 Å². The number of rotatable bonds is 4. The maximum atomic E-state index is 10.4. The lowest BCUT2D eigenvalue weighted by atomic mass is 10.4. The fourth-order valence-electron chi connectivity index (χ4n) is 0.456. The van der Waals surface area contributed by atoms with E-state index in [-0.39, 0.29) is 0 Å². The lowest BCUT2D eigenvalue weighted by Gasteiger charge is -2.23. The van der Waals surface area contributed by atoms with Crippen molar-refractivity contribution < 1.29 is 33.8 Å². The smallest absolute Gasteiger partial charge is 0.365 e. The molecule has 0 bridgehead atoms. The molecule has 0 radical (unpaired) electrons. The van der Waals surface area contributed by atoms with Crippen molar-refractivity contribution in [3.05, 3.63) is 0 Å². The highest BCUT2D eigenvalue weighted by atomic mass is 31.2. The van der Waals surface area contributed by atoms with E-state index in [1.807, 2.05) is 0 Å². The van der Waals surface area contributed by atoms with E-state index in [2.05, 4.69) is 0 Å². The van der Waals surface area contributed by atoms with E-state index in [0.29, 0.717) is 0 Å². The second kappa shape index (κ2) is 3.76. The van der Waals surface area contributed by atoms with Crippen LogP contribution >= 0.6 is 15.2 Å². The molecule has 0 saturated carbocycles. The zero-order valence-electron chi connectivity index (χ0n) is 6.44. The summed E-state index contributed by atoms with van der Waals surface area (Å²) in [6.45, 7) is 0. The summed E-state index contributed by atoms with van der Waals surface area (Å²) >= 11 is 0. The second-order valence-electron chi connectivity index (χ2n) is 2.56. The summed E-state index contributed by atoms with van der Waals surface area (Å²) in [5, 5.41) is 8.89. The minimum Gasteiger partial charge on any atom is -0.365 e. The molecule has 0 fully saturated rings. The van der Waals surface area contributed by atoms with E-state index >= 15 is 0 Å². The normalized spacial score (nSPS) is 18.3. The zero-order chi connectivity index (χ0) is 10.9. The summed E-state index contributed by atoms with van der Waals surface area (Å²) in [4.78, 5) is 33.5. The molecule has 10 heteroatoms. The van der Waals surface area contributed by atoms with Crippen LogP contribution in [-0.4, -0.2) is 36.3 Å². The van der Waals surface area contributed by atoms with Crippen LogP contribution in [0.4, 0.5) is 0 Å². The maximum Gasteiger partial charge on any atom is 0.371 e. The van der Waals surface area contributed by atoms with Crippen molar-refractivity contribution in [1.82, 2.24) is 0 Å². The molecule has 1 atom stereocenters. The fraction of sp³-hybridized carbons (Fsp3) is 1.00. The first-order chi connectivity index (χ1) is 5.46. The van der Waals surface area contributed by atoms with E-state index in [9.17, 15) is 9.13 Å². The molecule has 0 saturated heterocycles. The number of aliphatic hydroxyl groups is 1. The predicted molar refractivity (Wildman–Crippen MR) is 42.7 cm³/mol. The lowest BCUT2D eigenvalue weighted by molar-refractivity contribution is 0.0928. The van der Waals surface area contributed by atoms with Gasteiger partial charge in [-0.05, 0) is 0 Å². The third-order valence-corrected chi connectivity index (χ3v) is 3.31. The van der Waals surface area contributed by atoms with Gasteiger partial charge in [0.1, 0.15) is 0 Å². The Balaban J connectivity index is 4.38. The topological polar surface area (TPSA) is 161 Å². The molecule has 8 nitrogen and oxygen atoms in total. The Morgan fingerprint density at radius 3 is 1.77 bits per heavy atom. The average Bonchev–Trinajstić information content (AvgIpc) is 1.79. The molecule has 0 aliphatic rings. The minimum atomic E-state index is -4.96. The van der Waals surface area contributed by atoms with Gasteiger partial charge in [0.15, 0.2) is 0 Å². The minimum absolute atomic E-state index is 0.873. The molecule has 0 rings (SSSR count). The van der Waals surface area contributed by atoms with Crippen molar-refractivity contribution in [1.29, 1.82) is 0 Å². The highest BCUT2D eigenvalue weighted by molar-refractivity contribution is 7.53. The predicted octanol–water partition coefficient (Wildman–Crippen LogP) is -1.66. The molecule has 0 heterocycles. The van der Waals surface area contributed by atoms with Crippen LogP contribution in [0.1, 0.15) is 6.42 Å². The van der Waals surface area contributed by atoms with Gasteiger partial charge in [0.2, 0.25) is 5.47 Å². The number of nitrogens with two attached hydrogens (primary N) is 1. The highest BCUT2D eigenvalue weighted by Crippen LogP contribution is 2.49. The summed E-state index contributed by atoms with van der Waals surface area (Å²) in [7, 11) is -9.38. The molecule has 80 valence electrons. The molecular formula is C3H11NO7P2. The molecule has 0 aromatic rings. The first-order valence-electron chi connectivity index (χ1n) is 3.07. The molecule has 1 unspecified atom stereocenters. The zero-order valence-corrected chi connectivity index (χ0v) is 8.23. The summed E-state index contributed by atoms with van der Waals surface area (Å²) in [5.41, 5.74) is 1.87. The Bertz CT molecular complexity index is 263. The Morgan fingerprint density at radius 1 is 1.15 bits per heavy atom. The van der Waals surface area contributed by atoms with Gasteiger partial charge in [-0.1, -0.05) is 0 Å². The van der Waals surface area contributed by atoms with Crippen LogP contribution in [-0.2, 0) is 9.13 Å². The summed E-state index contributed by atoms with van der Waals surface area (Å²) < 4.78 is 20.7. The van der Waals surface area contributed by atoms with Crippen molar-refractivity contribution in [2.75, 3.05) is 6.16 Å². The van der Waals surface area contributed by atoms with Crippen LogP contribution in [0, 0.1) is 0 Å². The Labute approximate surface area is 73.7 Å². The van der Waals surface area contributed by atoms with Gasteiger partial charge in [-0.25, -0.2) is 0 Å². The molecule has 0 amide bonds. The monoisotopic (exact) mass is 235 g/mol. The van der Waals surface area contributed by atoms with Crippen LogP contribution in [0.15, 0.2) is 0 Å². The van der Waals surface area contributed by atoms with E-state index in [0.717, 1.165) is 0 Å². The van der Waals surface area contributed by atoms with Gasteiger partial charge in [0.05, 0.1) is 6.16 Å². The molecular weight excluding hydrogens is 224 g/mol. The Hall–Kier alpha value is 0.220. The quantitative estimate of drug-likeness (QED) is 0.249. The van der Waals surface area contributed by atoms with Gasteiger partial charge in [-0.3, -0.25) is 14.9 Å². The van der Waals surface area contributed by atoms with Gasteiger partial charge in [0.25, 0.3) is 0 Å². The van der Waals surface area contributed by atoms with Gasteiger partial charge < -0.3 is 24.7 Å². The number of hydrogen-bond acceptors (Lipinski definition) is 4. The first-order valence-corrected chi connectivity index (χ1v) is 6.48. The Morgan fingerprint density at radius 2 is 1.54 bits per heavy atom. The van der Waals surface area contributed by atoms with Crippen molar-refractivity contribution >= 4 is 15.2 Å². The molecule has 0 aliphatic carbocycles. The molecule has 7 N–H and O–H groups in total. The lowest BCUT2D eigenvalue weighted by Crippen LogP contribution is -2.39. The first kappa shape index (κ1) is 13.2. The summed E-state index contributed by atoms with van der Waals surface area (Å²) in [6, 6.07) is 0. The van der Waals surface area contributed by atoms with Crippen LogP contribution in [0.25, 0.3) is 0 Å². The van der Waals surface area contributed by atoms with Crippen LogP contribution < -0.4 is 5.73 Å². The van der Waals surface area contributed by atoms with Gasteiger partial charge in [-0.2, -0.15) is 0 Å². The fourth-order valence-corrected chi connectivity index (χ4v) is 1.67. The Kier molecular flexibility index (Phi) is 3.83. The molecule has 0 aromatic carbocycles. The maximum absolute atomic E-state index is 10.4. The van der Waals surface area contributed by atoms with Crippen molar-refractivity contribution in [2.45, 2.75) is 11.9 Å². The average molecular weight is 235 g/mol. The van der Waals surface area contributed by atoms with Gasteiger partial charge >= 0.3 is 15.2 Å². The van der Waals surface area contributed by atoms with E-state index in [1.54, 1.807) is 0 Å². The molecule has 0 spiro atoms. The van der Waals surface area contributed by atoms with E-state index < -0.39 is 33.2 Å². The third kappa shape index (κ3) is 4.85. The van der Waals surface area contributed by atoms with E-state index in [4.69, 9.17) is 30.4 Å². The van der Waals surface area contributed by atoms with Crippen LogP contribution in [0.2, 0.25) is 0 Å². The van der Waals surface area contributed by atoms with Gasteiger partial charge in [-0.15, -0.1) is 0 Å². The molecule has 0 aromatic heterocycles. The van der Waals surface area contributed by atoms with Crippen LogP contribution in [0.5, 0.6) is 0 Å². The number of hydrogen-bond donors (Lipinski definition) is 6. The summed E-state index contributed by atoms with van der Waals surface area (Å²) in [6.07, 6.45) is -1.76.